The zero-order valence-corrected chi connectivity index (χ0v) is 11.4. The monoisotopic (exact) mass is 246 g/mol. The van der Waals surface area contributed by atoms with Crippen LogP contribution in [0.25, 0.3) is 0 Å². The lowest BCUT2D eigenvalue weighted by Crippen LogP contribution is -2.39. The number of benzene rings is 1. The third-order valence-corrected chi connectivity index (χ3v) is 3.81. The summed E-state index contributed by atoms with van der Waals surface area (Å²) in [6.45, 7) is 7.29. The number of hydrogen-bond acceptors (Lipinski definition) is 2. The van der Waals surface area contributed by atoms with Gasteiger partial charge in [0.05, 0.1) is 6.04 Å². The maximum absolute atomic E-state index is 12.1. The number of anilines is 1. The van der Waals surface area contributed by atoms with Crippen molar-refractivity contribution in [1.29, 1.82) is 0 Å². The molecule has 0 aliphatic carbocycles. The molecule has 3 nitrogen and oxygen atoms in total. The second-order valence-corrected chi connectivity index (χ2v) is 5.18. The van der Waals surface area contributed by atoms with Crippen LogP contribution in [0, 0.1) is 12.8 Å². The van der Waals surface area contributed by atoms with Crippen molar-refractivity contribution in [1.82, 2.24) is 5.32 Å². The van der Waals surface area contributed by atoms with Gasteiger partial charge in [-0.25, -0.2) is 0 Å². The fraction of sp³-hybridized carbons (Fsp3) is 0.533. The van der Waals surface area contributed by atoms with E-state index >= 15 is 0 Å². The maximum atomic E-state index is 12.1. The number of nitrogens with one attached hydrogen (secondary N) is 2. The minimum atomic E-state index is -0.0452. The Labute approximate surface area is 109 Å². The standard InChI is InChI=1S/C15H22N2O/c1-4-12-5-6-13(9-11(12)3)17-15(18)14-10(2)7-8-16-14/h5-6,9-10,14,16H,4,7-8H2,1-3H3,(H,17,18). The molecule has 1 aliphatic rings. The number of rotatable bonds is 3. The molecule has 0 aromatic heterocycles. The summed E-state index contributed by atoms with van der Waals surface area (Å²) in [5.41, 5.74) is 3.47. The Morgan fingerprint density at radius 2 is 2.28 bits per heavy atom. The Morgan fingerprint density at radius 1 is 1.50 bits per heavy atom. The van der Waals surface area contributed by atoms with Crippen molar-refractivity contribution in [2.24, 2.45) is 5.92 Å². The summed E-state index contributed by atoms with van der Waals surface area (Å²) >= 11 is 0. The van der Waals surface area contributed by atoms with Gasteiger partial charge in [0.1, 0.15) is 0 Å². The lowest BCUT2D eigenvalue weighted by molar-refractivity contribution is -0.118. The molecule has 3 heteroatoms. The van der Waals surface area contributed by atoms with Gasteiger partial charge in [0.15, 0.2) is 0 Å². The first kappa shape index (κ1) is 13.1. The molecule has 2 atom stereocenters. The van der Waals surface area contributed by atoms with Crippen molar-refractivity contribution < 1.29 is 4.79 Å². The number of carbonyl (C=O) groups excluding carboxylic acids is 1. The molecule has 0 saturated carbocycles. The fourth-order valence-electron chi connectivity index (χ4n) is 2.58. The van der Waals surface area contributed by atoms with Gasteiger partial charge in [0, 0.05) is 5.69 Å². The molecule has 98 valence electrons. The molecule has 0 bridgehead atoms. The van der Waals surface area contributed by atoms with E-state index in [0.29, 0.717) is 5.92 Å². The molecule has 1 aliphatic heterocycles. The average molecular weight is 246 g/mol. The molecule has 0 spiro atoms. The van der Waals surface area contributed by atoms with Crippen molar-refractivity contribution in [3.05, 3.63) is 29.3 Å². The van der Waals surface area contributed by atoms with Gasteiger partial charge < -0.3 is 10.6 Å². The number of aryl methyl sites for hydroxylation is 2. The van der Waals surface area contributed by atoms with Gasteiger partial charge in [-0.1, -0.05) is 19.9 Å². The number of carbonyl (C=O) groups is 1. The lowest BCUT2D eigenvalue weighted by atomic mass is 10.0. The third kappa shape index (κ3) is 2.72. The molecule has 2 rings (SSSR count). The predicted molar refractivity (Wildman–Crippen MR) is 74.8 cm³/mol. The summed E-state index contributed by atoms with van der Waals surface area (Å²) in [4.78, 5) is 12.1. The minimum absolute atomic E-state index is 0.0452. The van der Waals surface area contributed by atoms with E-state index in [2.05, 4.69) is 43.5 Å². The smallest absolute Gasteiger partial charge is 0.241 e. The predicted octanol–water partition coefficient (Wildman–Crippen LogP) is 2.49. The molecule has 2 N–H and O–H groups in total. The van der Waals surface area contributed by atoms with Crippen LogP contribution in [0.5, 0.6) is 0 Å². The largest absolute Gasteiger partial charge is 0.325 e. The van der Waals surface area contributed by atoms with Crippen molar-refractivity contribution in [3.8, 4) is 0 Å². The Balaban J connectivity index is 2.05. The highest BCUT2D eigenvalue weighted by Gasteiger charge is 2.29. The Morgan fingerprint density at radius 3 is 2.83 bits per heavy atom. The lowest BCUT2D eigenvalue weighted by Gasteiger charge is -2.16. The van der Waals surface area contributed by atoms with E-state index in [0.717, 1.165) is 25.1 Å². The van der Waals surface area contributed by atoms with Crippen molar-refractivity contribution in [2.45, 2.75) is 39.7 Å². The quantitative estimate of drug-likeness (QED) is 0.860. The number of hydrogen-bond donors (Lipinski definition) is 2. The van der Waals surface area contributed by atoms with E-state index in [1.807, 2.05) is 6.07 Å². The summed E-state index contributed by atoms with van der Waals surface area (Å²) in [6.07, 6.45) is 2.10. The Hall–Kier alpha value is -1.35. The third-order valence-electron chi connectivity index (χ3n) is 3.81. The van der Waals surface area contributed by atoms with E-state index in [9.17, 15) is 4.79 Å². The summed E-state index contributed by atoms with van der Waals surface area (Å²) < 4.78 is 0. The van der Waals surface area contributed by atoms with Gasteiger partial charge in [0.25, 0.3) is 0 Å². The van der Waals surface area contributed by atoms with E-state index in [1.165, 1.54) is 11.1 Å². The van der Waals surface area contributed by atoms with Crippen LogP contribution in [0.1, 0.15) is 31.4 Å². The highest BCUT2D eigenvalue weighted by atomic mass is 16.2. The first-order valence-corrected chi connectivity index (χ1v) is 6.75. The second-order valence-electron chi connectivity index (χ2n) is 5.18. The molecule has 1 heterocycles. The van der Waals surface area contributed by atoms with Crippen LogP contribution in [0.15, 0.2) is 18.2 Å². The number of amides is 1. The highest BCUT2D eigenvalue weighted by molar-refractivity contribution is 5.95. The van der Waals surface area contributed by atoms with Crippen LogP contribution < -0.4 is 10.6 Å². The summed E-state index contributed by atoms with van der Waals surface area (Å²) in [6, 6.07) is 6.09. The van der Waals surface area contributed by atoms with Crippen molar-refractivity contribution >= 4 is 11.6 Å². The Bertz CT molecular complexity index is 442. The molecule has 1 fully saturated rings. The van der Waals surface area contributed by atoms with Crippen LogP contribution in [0.3, 0.4) is 0 Å². The zero-order chi connectivity index (χ0) is 13.1. The molecule has 1 aromatic rings. The van der Waals surface area contributed by atoms with Crippen LogP contribution >= 0.6 is 0 Å². The second kappa shape index (κ2) is 5.53. The molecule has 1 amide bonds. The molecule has 2 unspecified atom stereocenters. The molecular formula is C15H22N2O. The summed E-state index contributed by atoms with van der Waals surface area (Å²) in [5, 5.41) is 6.26. The Kier molecular flexibility index (Phi) is 4.02. The topological polar surface area (TPSA) is 41.1 Å². The van der Waals surface area contributed by atoms with Gasteiger partial charge in [-0.2, -0.15) is 0 Å². The molecular weight excluding hydrogens is 224 g/mol. The van der Waals surface area contributed by atoms with E-state index in [-0.39, 0.29) is 11.9 Å². The van der Waals surface area contributed by atoms with Gasteiger partial charge in [0.2, 0.25) is 5.91 Å². The maximum Gasteiger partial charge on any atom is 0.241 e. The summed E-state index contributed by atoms with van der Waals surface area (Å²) in [7, 11) is 0. The van der Waals surface area contributed by atoms with E-state index in [4.69, 9.17) is 0 Å². The molecule has 18 heavy (non-hydrogen) atoms. The van der Waals surface area contributed by atoms with Crippen LogP contribution in [-0.4, -0.2) is 18.5 Å². The van der Waals surface area contributed by atoms with E-state index in [1.54, 1.807) is 0 Å². The van der Waals surface area contributed by atoms with Crippen molar-refractivity contribution in [3.63, 3.8) is 0 Å². The molecule has 0 radical (unpaired) electrons. The van der Waals surface area contributed by atoms with Crippen LogP contribution in [-0.2, 0) is 11.2 Å². The van der Waals surface area contributed by atoms with Gasteiger partial charge >= 0.3 is 0 Å². The van der Waals surface area contributed by atoms with Gasteiger partial charge in [-0.3, -0.25) is 4.79 Å². The zero-order valence-electron chi connectivity index (χ0n) is 11.4. The van der Waals surface area contributed by atoms with Gasteiger partial charge in [-0.15, -0.1) is 0 Å². The van der Waals surface area contributed by atoms with Gasteiger partial charge in [-0.05, 0) is 55.5 Å². The highest BCUT2D eigenvalue weighted by Crippen LogP contribution is 2.19. The first-order chi connectivity index (χ1) is 8.61. The summed E-state index contributed by atoms with van der Waals surface area (Å²) in [5.74, 6) is 0.504. The van der Waals surface area contributed by atoms with Crippen LogP contribution in [0.2, 0.25) is 0 Å². The SMILES string of the molecule is CCc1ccc(NC(=O)C2NCCC2C)cc1C. The average Bonchev–Trinajstić information content (AvgIpc) is 2.76. The minimum Gasteiger partial charge on any atom is -0.325 e. The first-order valence-electron chi connectivity index (χ1n) is 6.75. The molecule has 1 aromatic carbocycles. The van der Waals surface area contributed by atoms with E-state index < -0.39 is 0 Å². The van der Waals surface area contributed by atoms with Crippen molar-refractivity contribution in [2.75, 3.05) is 11.9 Å². The van der Waals surface area contributed by atoms with Crippen LogP contribution in [0.4, 0.5) is 5.69 Å². The fourth-order valence-corrected chi connectivity index (χ4v) is 2.58. The normalized spacial score (nSPS) is 23.1. The molecule has 1 saturated heterocycles.